The Labute approximate surface area is 192 Å². The maximum absolute atomic E-state index is 13.8. The summed E-state index contributed by atoms with van der Waals surface area (Å²) in [6.07, 6.45) is 8.11. The number of hydrogen-bond acceptors (Lipinski definition) is 5. The minimum Gasteiger partial charge on any atom is -0.340 e. The lowest BCUT2D eigenvalue weighted by molar-refractivity contribution is 0.270. The number of nitrogens with two attached hydrogens (primary N) is 1. The molecule has 0 amide bonds. The monoisotopic (exact) mass is 460 g/mol. The van der Waals surface area contributed by atoms with Gasteiger partial charge in [-0.25, -0.2) is 8.42 Å². The van der Waals surface area contributed by atoms with Gasteiger partial charge in [-0.1, -0.05) is 57.7 Å². The molecule has 1 aliphatic heterocycles. The van der Waals surface area contributed by atoms with Crippen molar-refractivity contribution < 1.29 is 8.42 Å². The Morgan fingerprint density at radius 2 is 1.71 bits per heavy atom. The van der Waals surface area contributed by atoms with Crippen molar-refractivity contribution in [2.24, 2.45) is 11.1 Å². The van der Waals surface area contributed by atoms with Crippen molar-refractivity contribution in [3.63, 3.8) is 0 Å². The minimum atomic E-state index is -3.45. The highest BCUT2D eigenvalue weighted by Gasteiger charge is 2.42. The molecule has 170 valence electrons. The van der Waals surface area contributed by atoms with Gasteiger partial charge in [0, 0.05) is 29.1 Å². The Balaban J connectivity index is 2.25. The van der Waals surface area contributed by atoms with Crippen LogP contribution in [0.4, 0.5) is 11.4 Å². The molecule has 0 saturated carbocycles. The second-order valence-corrected chi connectivity index (χ2v) is 11.5. The molecule has 3 rings (SSSR count). The summed E-state index contributed by atoms with van der Waals surface area (Å²) in [6, 6.07) is 14.1. The fraction of sp³-hybridized carbons (Fsp3) is 0.520. The number of fused-ring (bicyclic) bond motifs is 1. The Morgan fingerprint density at radius 3 is 2.26 bits per heavy atom. The number of rotatable bonds is 9. The first-order valence-corrected chi connectivity index (χ1v) is 14.2. The lowest BCUT2D eigenvalue weighted by atomic mass is 9.79. The SMILES string of the molecule is CCCCC1(CCCC)CN(c2ccccc2)c2cc(SC)c(CN)cc2S(=O)(=O)C1. The molecule has 4 nitrogen and oxygen atoms in total. The highest BCUT2D eigenvalue weighted by Crippen LogP contribution is 2.46. The van der Waals surface area contributed by atoms with Crippen molar-refractivity contribution in [1.29, 1.82) is 0 Å². The van der Waals surface area contributed by atoms with Gasteiger partial charge in [0.2, 0.25) is 0 Å². The van der Waals surface area contributed by atoms with Gasteiger partial charge in [0.15, 0.2) is 9.84 Å². The van der Waals surface area contributed by atoms with E-state index in [0.29, 0.717) is 11.4 Å². The molecule has 0 atom stereocenters. The van der Waals surface area contributed by atoms with Crippen molar-refractivity contribution in [3.05, 3.63) is 48.0 Å². The Morgan fingerprint density at radius 1 is 1.06 bits per heavy atom. The summed E-state index contributed by atoms with van der Waals surface area (Å²) in [6.45, 7) is 5.42. The van der Waals surface area contributed by atoms with Gasteiger partial charge < -0.3 is 10.6 Å². The van der Waals surface area contributed by atoms with Crippen molar-refractivity contribution >= 4 is 33.0 Å². The van der Waals surface area contributed by atoms with Crippen LogP contribution >= 0.6 is 11.8 Å². The molecule has 1 heterocycles. The quantitative estimate of drug-likeness (QED) is 0.454. The molecule has 0 spiro atoms. The van der Waals surface area contributed by atoms with Crippen LogP contribution in [0, 0.1) is 5.41 Å². The van der Waals surface area contributed by atoms with Crippen molar-refractivity contribution in [2.75, 3.05) is 23.5 Å². The van der Waals surface area contributed by atoms with E-state index in [1.165, 1.54) is 0 Å². The van der Waals surface area contributed by atoms with Crippen LogP contribution in [0.5, 0.6) is 0 Å². The molecule has 0 aromatic heterocycles. The van der Waals surface area contributed by atoms with E-state index in [1.54, 1.807) is 11.8 Å². The minimum absolute atomic E-state index is 0.207. The fourth-order valence-corrected chi connectivity index (χ4v) is 7.50. The first kappa shape index (κ1) is 24.1. The topological polar surface area (TPSA) is 63.4 Å². The molecule has 0 radical (unpaired) electrons. The number of para-hydroxylation sites is 1. The molecule has 2 N–H and O–H groups in total. The lowest BCUT2D eigenvalue weighted by Gasteiger charge is -2.37. The van der Waals surface area contributed by atoms with Crippen LogP contribution in [0.1, 0.15) is 57.9 Å². The van der Waals surface area contributed by atoms with Crippen LogP contribution in [0.25, 0.3) is 0 Å². The molecule has 31 heavy (non-hydrogen) atoms. The van der Waals surface area contributed by atoms with Gasteiger partial charge in [-0.15, -0.1) is 11.8 Å². The number of thioether (sulfide) groups is 1. The molecular formula is C25H36N2O2S2. The van der Waals surface area contributed by atoms with Crippen LogP contribution in [-0.4, -0.2) is 27.0 Å². The largest absolute Gasteiger partial charge is 0.340 e. The van der Waals surface area contributed by atoms with E-state index in [1.807, 2.05) is 36.6 Å². The lowest BCUT2D eigenvalue weighted by Crippen LogP contribution is -2.38. The number of benzene rings is 2. The number of nitrogens with zero attached hydrogens (tertiary/aromatic N) is 1. The predicted molar refractivity (Wildman–Crippen MR) is 133 cm³/mol. The summed E-state index contributed by atoms with van der Waals surface area (Å²) in [7, 11) is -3.45. The average Bonchev–Trinajstić information content (AvgIpc) is 2.88. The van der Waals surface area contributed by atoms with E-state index < -0.39 is 9.84 Å². The predicted octanol–water partition coefficient (Wildman–Crippen LogP) is 6.16. The van der Waals surface area contributed by atoms with Gasteiger partial charge >= 0.3 is 0 Å². The zero-order valence-electron chi connectivity index (χ0n) is 19.1. The van der Waals surface area contributed by atoms with Gasteiger partial charge in [0.25, 0.3) is 0 Å². The Kier molecular flexibility index (Phi) is 8.11. The standard InChI is InChI=1S/C25H36N2O2S2/c1-4-6-13-25(14-7-5-2)18-27(21-11-9-8-10-12-21)22-16-23(30-3)20(17-26)15-24(22)31(28,29)19-25/h8-12,15-16H,4-7,13-14,17-19,26H2,1-3H3. The van der Waals surface area contributed by atoms with Crippen molar-refractivity contribution in [1.82, 2.24) is 0 Å². The third-order valence-electron chi connectivity index (χ3n) is 6.39. The molecule has 2 aromatic carbocycles. The van der Waals surface area contributed by atoms with E-state index in [-0.39, 0.29) is 11.2 Å². The number of sulfone groups is 1. The van der Waals surface area contributed by atoms with E-state index in [4.69, 9.17) is 5.73 Å². The molecule has 6 heteroatoms. The summed E-state index contributed by atoms with van der Waals surface area (Å²) in [5.74, 6) is 0.207. The molecule has 0 unspecified atom stereocenters. The van der Waals surface area contributed by atoms with Gasteiger partial charge in [0.05, 0.1) is 16.3 Å². The second kappa shape index (κ2) is 10.4. The molecule has 1 aliphatic rings. The first-order chi connectivity index (χ1) is 14.9. The summed E-state index contributed by atoms with van der Waals surface area (Å²) in [5, 5.41) is 0. The molecule has 0 fully saturated rings. The zero-order valence-corrected chi connectivity index (χ0v) is 20.7. The Bertz CT molecular complexity index is 967. The highest BCUT2D eigenvalue weighted by molar-refractivity contribution is 7.98. The molecule has 0 bridgehead atoms. The maximum atomic E-state index is 13.8. The van der Waals surface area contributed by atoms with Crippen molar-refractivity contribution in [3.8, 4) is 0 Å². The van der Waals surface area contributed by atoms with Crippen LogP contribution in [0.15, 0.2) is 52.3 Å². The molecule has 0 saturated heterocycles. The van der Waals surface area contributed by atoms with E-state index in [2.05, 4.69) is 30.9 Å². The van der Waals surface area contributed by atoms with Gasteiger partial charge in [-0.2, -0.15) is 0 Å². The van der Waals surface area contributed by atoms with E-state index in [0.717, 1.165) is 66.9 Å². The molecule has 0 aliphatic carbocycles. The van der Waals surface area contributed by atoms with Gasteiger partial charge in [-0.3, -0.25) is 0 Å². The summed E-state index contributed by atoms with van der Waals surface area (Å²) in [5.41, 5.74) is 8.48. The smallest absolute Gasteiger partial charge is 0.181 e. The fourth-order valence-electron chi connectivity index (χ4n) is 4.72. The van der Waals surface area contributed by atoms with E-state index in [9.17, 15) is 8.42 Å². The normalized spacial score (nSPS) is 17.2. The summed E-state index contributed by atoms with van der Waals surface area (Å²) >= 11 is 1.62. The summed E-state index contributed by atoms with van der Waals surface area (Å²) < 4.78 is 27.6. The van der Waals surface area contributed by atoms with Crippen LogP contribution in [0.3, 0.4) is 0 Å². The van der Waals surface area contributed by atoms with Gasteiger partial charge in [-0.05, 0) is 48.9 Å². The maximum Gasteiger partial charge on any atom is 0.181 e. The molecular weight excluding hydrogens is 424 g/mol. The van der Waals surface area contributed by atoms with Crippen molar-refractivity contribution in [2.45, 2.75) is 68.7 Å². The number of anilines is 2. The average molecular weight is 461 g/mol. The van der Waals surface area contributed by atoms with Gasteiger partial charge in [0.1, 0.15) is 0 Å². The highest BCUT2D eigenvalue weighted by atomic mass is 32.2. The number of hydrogen-bond donors (Lipinski definition) is 1. The summed E-state index contributed by atoms with van der Waals surface area (Å²) in [4.78, 5) is 3.74. The Hall–Kier alpha value is -1.50. The van der Waals surface area contributed by atoms with Crippen LogP contribution < -0.4 is 10.6 Å². The van der Waals surface area contributed by atoms with Crippen LogP contribution in [0.2, 0.25) is 0 Å². The molecule has 2 aromatic rings. The second-order valence-electron chi connectivity index (χ2n) is 8.72. The van der Waals surface area contributed by atoms with Crippen LogP contribution in [-0.2, 0) is 16.4 Å². The first-order valence-electron chi connectivity index (χ1n) is 11.4. The zero-order chi connectivity index (χ0) is 22.5. The third-order valence-corrected chi connectivity index (χ3v) is 9.20. The third kappa shape index (κ3) is 5.29. The number of unbranched alkanes of at least 4 members (excludes halogenated alkanes) is 2. The van der Waals surface area contributed by atoms with E-state index >= 15 is 0 Å².